The number of allylic oxidation sites excluding steroid dienone is 1. The summed E-state index contributed by atoms with van der Waals surface area (Å²) in [4.78, 5) is 28.6. The van der Waals surface area contributed by atoms with E-state index in [0.29, 0.717) is 41.5 Å². The number of benzene rings is 4. The van der Waals surface area contributed by atoms with Crippen molar-refractivity contribution >= 4 is 12.0 Å². The molecule has 2 amide bonds. The fraction of sp³-hybridized carbons (Fsp3) is 0.176. The molecule has 0 aliphatic carbocycles. The van der Waals surface area contributed by atoms with Crippen molar-refractivity contribution in [2.24, 2.45) is 0 Å². The number of nitrogens with one attached hydrogen (secondary N) is 1. The molecule has 7 heteroatoms. The molecule has 0 spiro atoms. The average Bonchev–Trinajstić information content (AvgIpc) is 3.02. The van der Waals surface area contributed by atoms with E-state index < -0.39 is 12.0 Å². The first-order valence-electron chi connectivity index (χ1n) is 13.4. The molecule has 1 aliphatic rings. The number of amides is 2. The zero-order chi connectivity index (χ0) is 28.6. The Morgan fingerprint density at radius 2 is 1.37 bits per heavy atom. The Hall–Kier alpha value is -5.04. The number of nitrogens with zero attached hydrogens (tertiary/aromatic N) is 1. The van der Waals surface area contributed by atoms with Gasteiger partial charge in [-0.25, -0.2) is 9.59 Å². The number of carbonyl (C=O) groups excluding carboxylic acids is 2. The minimum absolute atomic E-state index is 0.116. The van der Waals surface area contributed by atoms with Crippen LogP contribution in [0, 0.1) is 0 Å². The van der Waals surface area contributed by atoms with Crippen LogP contribution in [0.2, 0.25) is 0 Å². The molecule has 208 valence electrons. The zero-order valence-electron chi connectivity index (χ0n) is 23.1. The number of esters is 1. The van der Waals surface area contributed by atoms with Crippen molar-refractivity contribution in [2.45, 2.75) is 32.7 Å². The minimum atomic E-state index is -0.741. The van der Waals surface area contributed by atoms with Gasteiger partial charge in [0.1, 0.15) is 13.2 Å². The monoisotopic (exact) mass is 548 g/mol. The fourth-order valence-electron chi connectivity index (χ4n) is 4.77. The molecule has 1 atom stereocenters. The second-order valence-electron chi connectivity index (χ2n) is 9.70. The van der Waals surface area contributed by atoms with Crippen molar-refractivity contribution in [1.82, 2.24) is 10.2 Å². The lowest BCUT2D eigenvalue weighted by Crippen LogP contribution is -2.47. The first kappa shape index (κ1) is 27.5. The van der Waals surface area contributed by atoms with Crippen LogP contribution in [0.1, 0.15) is 35.2 Å². The summed E-state index contributed by atoms with van der Waals surface area (Å²) in [6, 6.07) is 33.4. The maximum absolute atomic E-state index is 13.6. The maximum atomic E-state index is 13.6. The summed E-state index contributed by atoms with van der Waals surface area (Å²) >= 11 is 0. The number of hydrogen-bond donors (Lipinski definition) is 1. The highest BCUT2D eigenvalue weighted by molar-refractivity contribution is 5.95. The molecule has 41 heavy (non-hydrogen) atoms. The summed E-state index contributed by atoms with van der Waals surface area (Å²) in [6.45, 7) is 2.59. The Kier molecular flexibility index (Phi) is 8.64. The van der Waals surface area contributed by atoms with Crippen LogP contribution in [0.5, 0.6) is 11.5 Å². The zero-order valence-corrected chi connectivity index (χ0v) is 23.1. The summed E-state index contributed by atoms with van der Waals surface area (Å²) in [5.41, 5.74) is 4.41. The van der Waals surface area contributed by atoms with Crippen LogP contribution in [0.15, 0.2) is 120 Å². The van der Waals surface area contributed by atoms with Gasteiger partial charge in [0.25, 0.3) is 0 Å². The Balaban J connectivity index is 1.45. The second kappa shape index (κ2) is 12.9. The third-order valence-electron chi connectivity index (χ3n) is 6.97. The lowest BCUT2D eigenvalue weighted by Gasteiger charge is -2.35. The molecule has 4 aromatic carbocycles. The quantitative estimate of drug-likeness (QED) is 0.227. The van der Waals surface area contributed by atoms with Gasteiger partial charge in [-0.05, 0) is 41.3 Å². The number of rotatable bonds is 10. The van der Waals surface area contributed by atoms with Gasteiger partial charge >= 0.3 is 12.0 Å². The molecule has 0 aromatic heterocycles. The largest absolute Gasteiger partial charge is 0.493 e. The lowest BCUT2D eigenvalue weighted by molar-refractivity contribution is -0.141. The van der Waals surface area contributed by atoms with E-state index in [2.05, 4.69) is 5.32 Å². The third-order valence-corrected chi connectivity index (χ3v) is 6.97. The van der Waals surface area contributed by atoms with Crippen molar-refractivity contribution in [1.29, 1.82) is 0 Å². The minimum Gasteiger partial charge on any atom is -0.493 e. The molecular weight excluding hydrogens is 516 g/mol. The smallest absolute Gasteiger partial charge is 0.338 e. The van der Waals surface area contributed by atoms with E-state index in [-0.39, 0.29) is 12.6 Å². The predicted molar refractivity (Wildman–Crippen MR) is 156 cm³/mol. The van der Waals surface area contributed by atoms with Crippen LogP contribution in [0.25, 0.3) is 0 Å². The van der Waals surface area contributed by atoms with Crippen molar-refractivity contribution in [3.05, 3.63) is 143 Å². The molecule has 0 radical (unpaired) electrons. The number of methoxy groups -OCH3 is 1. The summed E-state index contributed by atoms with van der Waals surface area (Å²) in [7, 11) is 1.56. The fourth-order valence-corrected chi connectivity index (χ4v) is 4.77. The van der Waals surface area contributed by atoms with Gasteiger partial charge in [0.05, 0.1) is 25.3 Å². The molecule has 7 nitrogen and oxygen atoms in total. The van der Waals surface area contributed by atoms with Crippen LogP contribution in [0.3, 0.4) is 0 Å². The average molecular weight is 549 g/mol. The molecule has 0 saturated carbocycles. The van der Waals surface area contributed by atoms with Crippen molar-refractivity contribution in [3.63, 3.8) is 0 Å². The standard InChI is InChI=1S/C34H32N2O5/c1-24-31(33(37)41-23-27-16-10-5-11-17-27)32(35-34(38)36(24)21-25-12-6-3-7-13-25)28-18-19-29(30(20-28)39-2)40-22-26-14-8-4-9-15-26/h3-20,32H,21-23H2,1-2H3,(H,35,38). The summed E-state index contributed by atoms with van der Waals surface area (Å²) < 4.78 is 17.4. The van der Waals surface area contributed by atoms with Crippen LogP contribution < -0.4 is 14.8 Å². The van der Waals surface area contributed by atoms with Gasteiger partial charge in [0.15, 0.2) is 11.5 Å². The van der Waals surface area contributed by atoms with E-state index in [0.717, 1.165) is 16.7 Å². The Morgan fingerprint density at radius 1 is 0.780 bits per heavy atom. The summed E-state index contributed by atoms with van der Waals surface area (Å²) in [5, 5.41) is 3.02. The molecule has 5 rings (SSSR count). The van der Waals surface area contributed by atoms with E-state index in [4.69, 9.17) is 14.2 Å². The molecular formula is C34H32N2O5. The van der Waals surface area contributed by atoms with Crippen molar-refractivity contribution in [2.75, 3.05) is 7.11 Å². The first-order valence-corrected chi connectivity index (χ1v) is 13.4. The van der Waals surface area contributed by atoms with Crippen molar-refractivity contribution < 1.29 is 23.8 Å². The van der Waals surface area contributed by atoms with E-state index in [1.165, 1.54) is 0 Å². The summed E-state index contributed by atoms with van der Waals surface area (Å²) in [5.74, 6) is 0.550. The highest BCUT2D eigenvalue weighted by Crippen LogP contribution is 2.37. The van der Waals surface area contributed by atoms with Crippen LogP contribution in [-0.4, -0.2) is 24.0 Å². The van der Waals surface area contributed by atoms with E-state index in [1.54, 1.807) is 31.1 Å². The van der Waals surface area contributed by atoms with Gasteiger partial charge in [0.2, 0.25) is 0 Å². The van der Waals surface area contributed by atoms with E-state index in [9.17, 15) is 9.59 Å². The predicted octanol–water partition coefficient (Wildman–Crippen LogP) is 6.56. The van der Waals surface area contributed by atoms with Gasteiger partial charge in [-0.2, -0.15) is 0 Å². The molecule has 1 aliphatic heterocycles. The van der Waals surface area contributed by atoms with Gasteiger partial charge in [0, 0.05) is 5.70 Å². The Morgan fingerprint density at radius 3 is 1.98 bits per heavy atom. The second-order valence-corrected chi connectivity index (χ2v) is 9.70. The third kappa shape index (κ3) is 6.58. The molecule has 0 bridgehead atoms. The van der Waals surface area contributed by atoms with Crippen LogP contribution in [0.4, 0.5) is 4.79 Å². The molecule has 4 aromatic rings. The number of carbonyl (C=O) groups is 2. The highest BCUT2D eigenvalue weighted by Gasteiger charge is 2.37. The van der Waals surface area contributed by atoms with E-state index >= 15 is 0 Å². The number of hydrogen-bond acceptors (Lipinski definition) is 5. The molecule has 1 unspecified atom stereocenters. The lowest BCUT2D eigenvalue weighted by atomic mass is 9.94. The molecule has 0 saturated heterocycles. The van der Waals surface area contributed by atoms with Gasteiger partial charge in [-0.3, -0.25) is 4.90 Å². The topological polar surface area (TPSA) is 77.1 Å². The molecule has 0 fully saturated rings. The van der Waals surface area contributed by atoms with E-state index in [1.807, 2.05) is 97.1 Å². The number of ether oxygens (including phenoxy) is 3. The first-order chi connectivity index (χ1) is 20.0. The van der Waals surface area contributed by atoms with Crippen molar-refractivity contribution in [3.8, 4) is 11.5 Å². The van der Waals surface area contributed by atoms with Crippen LogP contribution >= 0.6 is 0 Å². The Bertz CT molecular complexity index is 1520. The number of urea groups is 1. The highest BCUT2D eigenvalue weighted by atomic mass is 16.5. The molecule has 1 N–H and O–H groups in total. The Labute approximate surface area is 240 Å². The normalized spacial score (nSPS) is 14.8. The van der Waals surface area contributed by atoms with Gasteiger partial charge in [-0.1, -0.05) is 97.1 Å². The van der Waals surface area contributed by atoms with Gasteiger partial charge in [-0.15, -0.1) is 0 Å². The molecule has 1 heterocycles. The van der Waals surface area contributed by atoms with Gasteiger partial charge < -0.3 is 19.5 Å². The summed E-state index contributed by atoms with van der Waals surface area (Å²) in [6.07, 6.45) is 0. The maximum Gasteiger partial charge on any atom is 0.338 e. The SMILES string of the molecule is COc1cc(C2NC(=O)N(Cc3ccccc3)C(C)=C2C(=O)OCc2ccccc2)ccc1OCc1ccccc1. The van der Waals surface area contributed by atoms with Crippen LogP contribution in [-0.2, 0) is 29.3 Å².